The topological polar surface area (TPSA) is 91.7 Å². The van der Waals surface area contributed by atoms with E-state index in [9.17, 15) is 13.2 Å². The highest BCUT2D eigenvalue weighted by Crippen LogP contribution is 2.42. The molecular weight excluding hydrogens is 366 g/mol. The van der Waals surface area contributed by atoms with Crippen molar-refractivity contribution in [1.29, 1.82) is 0 Å². The molecule has 3 rings (SSSR count). The largest absolute Gasteiger partial charge is 0.466 e. The van der Waals surface area contributed by atoms with Gasteiger partial charge in [-0.25, -0.2) is 17.9 Å². The van der Waals surface area contributed by atoms with Gasteiger partial charge in [-0.2, -0.15) is 0 Å². The van der Waals surface area contributed by atoms with E-state index in [4.69, 9.17) is 4.42 Å². The number of piperidine rings is 1. The Morgan fingerprint density at radius 1 is 1.37 bits per heavy atom. The monoisotopic (exact) mass is 397 g/mol. The first-order valence-corrected chi connectivity index (χ1v) is 11.5. The Hall–Kier alpha value is -1.54. The zero-order valence-corrected chi connectivity index (χ0v) is 17.5. The van der Waals surface area contributed by atoms with Gasteiger partial charge in [-0.15, -0.1) is 0 Å². The van der Waals surface area contributed by atoms with Crippen molar-refractivity contribution >= 4 is 16.1 Å². The lowest BCUT2D eigenvalue weighted by atomic mass is 9.75. The summed E-state index contributed by atoms with van der Waals surface area (Å²) in [5.74, 6) is 1.83. The Morgan fingerprint density at radius 3 is 2.81 bits per heavy atom. The average molecular weight is 398 g/mol. The second kappa shape index (κ2) is 7.47. The van der Waals surface area contributed by atoms with Crippen LogP contribution in [-0.4, -0.2) is 44.7 Å². The first kappa shape index (κ1) is 20.2. The first-order chi connectivity index (χ1) is 12.5. The number of sulfonamides is 1. The predicted octanol–water partition coefficient (Wildman–Crippen LogP) is 2.71. The summed E-state index contributed by atoms with van der Waals surface area (Å²) in [6, 6.07) is 1.70. The number of fused-ring (bicyclic) bond motifs is 1. The van der Waals surface area contributed by atoms with Crippen molar-refractivity contribution < 1.29 is 17.6 Å². The molecule has 0 bridgehead atoms. The average Bonchev–Trinajstić information content (AvgIpc) is 2.91. The van der Waals surface area contributed by atoms with Crippen molar-refractivity contribution in [3.8, 4) is 0 Å². The molecule has 1 saturated heterocycles. The van der Waals surface area contributed by atoms with E-state index in [-0.39, 0.29) is 30.1 Å². The van der Waals surface area contributed by atoms with E-state index in [0.717, 1.165) is 55.4 Å². The maximum absolute atomic E-state index is 13.0. The lowest BCUT2D eigenvalue weighted by Gasteiger charge is -2.39. The smallest absolute Gasteiger partial charge is 0.318 e. The third-order valence-corrected chi connectivity index (χ3v) is 6.19. The second-order valence-electron chi connectivity index (χ2n) is 8.75. The fraction of sp³-hybridized carbons (Fsp3) is 0.737. The standard InChI is InChI=1S/C19H31N3O4S/c1-13-9-15-16(10-19(2,3)11-17(15)26-13)21-18(23)22-8-6-5-7-14(22)12-20-27(4,24)25/h9,14,16,20H,5-8,10-12H2,1-4H3,(H,21,23)/t14-,16-/m1/s1. The van der Waals surface area contributed by atoms with Crippen LogP contribution in [0.1, 0.15) is 62.7 Å². The molecule has 1 aromatic heterocycles. The quantitative estimate of drug-likeness (QED) is 0.817. The number of nitrogens with zero attached hydrogens (tertiary/aromatic N) is 1. The van der Waals surface area contributed by atoms with Crippen molar-refractivity contribution in [2.24, 2.45) is 5.41 Å². The van der Waals surface area contributed by atoms with Gasteiger partial charge < -0.3 is 14.6 Å². The molecule has 1 aliphatic heterocycles. The molecule has 2 atom stereocenters. The van der Waals surface area contributed by atoms with Gasteiger partial charge in [0.2, 0.25) is 10.0 Å². The van der Waals surface area contributed by atoms with Crippen molar-refractivity contribution in [2.75, 3.05) is 19.3 Å². The number of furan rings is 1. The number of rotatable bonds is 4. The van der Waals surface area contributed by atoms with E-state index in [1.54, 1.807) is 4.90 Å². The molecule has 27 heavy (non-hydrogen) atoms. The molecule has 1 aromatic rings. The van der Waals surface area contributed by atoms with Crippen molar-refractivity contribution in [2.45, 2.75) is 65.0 Å². The van der Waals surface area contributed by atoms with Crippen LogP contribution in [0, 0.1) is 12.3 Å². The van der Waals surface area contributed by atoms with Gasteiger partial charge in [0, 0.05) is 31.1 Å². The normalized spacial score (nSPS) is 25.1. The molecule has 0 saturated carbocycles. The highest BCUT2D eigenvalue weighted by atomic mass is 32.2. The van der Waals surface area contributed by atoms with Gasteiger partial charge in [-0.05, 0) is 44.1 Å². The van der Waals surface area contributed by atoms with Crippen LogP contribution >= 0.6 is 0 Å². The van der Waals surface area contributed by atoms with E-state index < -0.39 is 10.0 Å². The minimum atomic E-state index is -3.27. The zero-order chi connectivity index (χ0) is 19.8. The highest BCUT2D eigenvalue weighted by Gasteiger charge is 2.37. The number of likely N-dealkylation sites (tertiary alicyclic amines) is 1. The first-order valence-electron chi connectivity index (χ1n) is 9.65. The van der Waals surface area contributed by atoms with Gasteiger partial charge in [0.1, 0.15) is 11.5 Å². The fourth-order valence-corrected chi connectivity index (χ4v) is 4.77. The molecule has 2 amide bonds. The Kier molecular flexibility index (Phi) is 5.59. The van der Waals surface area contributed by atoms with E-state index in [0.29, 0.717) is 6.54 Å². The summed E-state index contributed by atoms with van der Waals surface area (Å²) >= 11 is 0. The maximum Gasteiger partial charge on any atom is 0.318 e. The Balaban J connectivity index is 1.73. The summed E-state index contributed by atoms with van der Waals surface area (Å²) < 4.78 is 31.3. The number of carbonyl (C=O) groups excluding carboxylic acids is 1. The number of hydrogen-bond acceptors (Lipinski definition) is 4. The van der Waals surface area contributed by atoms with Crippen LogP contribution in [0.3, 0.4) is 0 Å². The van der Waals surface area contributed by atoms with E-state index in [2.05, 4.69) is 23.9 Å². The van der Waals surface area contributed by atoms with Gasteiger partial charge in [-0.3, -0.25) is 0 Å². The predicted molar refractivity (Wildman–Crippen MR) is 104 cm³/mol. The van der Waals surface area contributed by atoms with Gasteiger partial charge >= 0.3 is 6.03 Å². The fourth-order valence-electron chi connectivity index (χ4n) is 4.27. The lowest BCUT2D eigenvalue weighted by molar-refractivity contribution is 0.143. The SMILES string of the molecule is Cc1cc2c(o1)CC(C)(C)C[C@H]2NC(=O)N1CCCC[C@@H]1CNS(C)(=O)=O. The molecule has 2 aliphatic rings. The lowest BCUT2D eigenvalue weighted by Crippen LogP contribution is -2.53. The molecule has 2 N–H and O–H groups in total. The van der Waals surface area contributed by atoms with Crippen LogP contribution < -0.4 is 10.0 Å². The van der Waals surface area contributed by atoms with Crippen LogP contribution in [0.5, 0.6) is 0 Å². The summed E-state index contributed by atoms with van der Waals surface area (Å²) in [7, 11) is -3.27. The molecule has 0 aromatic carbocycles. The van der Waals surface area contributed by atoms with Crippen LogP contribution in [-0.2, 0) is 16.4 Å². The number of hydrogen-bond donors (Lipinski definition) is 2. The summed E-state index contributed by atoms with van der Waals surface area (Å²) in [5.41, 5.74) is 1.12. The number of urea groups is 1. The van der Waals surface area contributed by atoms with Crippen LogP contribution in [0.25, 0.3) is 0 Å². The van der Waals surface area contributed by atoms with Gasteiger partial charge in [-0.1, -0.05) is 13.8 Å². The zero-order valence-electron chi connectivity index (χ0n) is 16.7. The third-order valence-electron chi connectivity index (χ3n) is 5.50. The van der Waals surface area contributed by atoms with Crippen molar-refractivity contribution in [3.63, 3.8) is 0 Å². The molecule has 152 valence electrons. The number of nitrogens with one attached hydrogen (secondary N) is 2. The van der Waals surface area contributed by atoms with Crippen molar-refractivity contribution in [1.82, 2.24) is 14.9 Å². The van der Waals surface area contributed by atoms with Crippen LogP contribution in [0.15, 0.2) is 10.5 Å². The molecule has 0 spiro atoms. The van der Waals surface area contributed by atoms with Crippen molar-refractivity contribution in [3.05, 3.63) is 23.2 Å². The Bertz CT molecular complexity index is 800. The van der Waals surface area contributed by atoms with Gasteiger partial charge in [0.25, 0.3) is 0 Å². The van der Waals surface area contributed by atoms with E-state index in [1.807, 2.05) is 13.0 Å². The summed E-state index contributed by atoms with van der Waals surface area (Å²) in [4.78, 5) is 14.8. The molecule has 0 unspecified atom stereocenters. The summed E-state index contributed by atoms with van der Waals surface area (Å²) in [5, 5.41) is 3.19. The minimum absolute atomic E-state index is 0.0500. The molecule has 7 nitrogen and oxygen atoms in total. The second-order valence-corrected chi connectivity index (χ2v) is 10.6. The van der Waals surface area contributed by atoms with Gasteiger partial charge in [0.15, 0.2) is 0 Å². The Labute approximate surface area is 161 Å². The molecule has 1 fully saturated rings. The number of carbonyl (C=O) groups is 1. The summed E-state index contributed by atoms with van der Waals surface area (Å²) in [6.45, 7) is 7.22. The molecule has 0 radical (unpaired) electrons. The van der Waals surface area contributed by atoms with E-state index >= 15 is 0 Å². The molecule has 1 aliphatic carbocycles. The molecule has 2 heterocycles. The van der Waals surface area contributed by atoms with Crippen LogP contribution in [0.4, 0.5) is 4.79 Å². The van der Waals surface area contributed by atoms with Gasteiger partial charge in [0.05, 0.1) is 12.3 Å². The number of amides is 2. The summed E-state index contributed by atoms with van der Waals surface area (Å²) in [6.07, 6.45) is 5.61. The van der Waals surface area contributed by atoms with Crippen LogP contribution in [0.2, 0.25) is 0 Å². The molecule has 8 heteroatoms. The third kappa shape index (κ3) is 5.04. The highest BCUT2D eigenvalue weighted by molar-refractivity contribution is 7.88. The maximum atomic E-state index is 13.0. The van der Waals surface area contributed by atoms with E-state index in [1.165, 1.54) is 0 Å². The number of aryl methyl sites for hydroxylation is 1. The molecular formula is C19H31N3O4S. The minimum Gasteiger partial charge on any atom is -0.466 e. The Morgan fingerprint density at radius 2 is 2.11 bits per heavy atom.